The summed E-state index contributed by atoms with van der Waals surface area (Å²) in [6, 6.07) is 18.7. The highest BCUT2D eigenvalue weighted by molar-refractivity contribution is 6.03. The summed E-state index contributed by atoms with van der Waals surface area (Å²) in [6.45, 7) is 2.57. The quantitative estimate of drug-likeness (QED) is 0.513. The molecule has 1 heterocycles. The zero-order valence-electron chi connectivity index (χ0n) is 14.4. The standard InChI is InChI=1S/C21H18N2O3/c1-2-22-19-11-10-14-6-3-4-9-17(14)21(19)18(13-20(22)24)15-7-5-8-16(12-15)23(25)26/h3-12,18H,2,13H2,1H3. The van der Waals surface area contributed by atoms with E-state index in [2.05, 4.69) is 6.07 Å². The van der Waals surface area contributed by atoms with Gasteiger partial charge in [-0.2, -0.15) is 0 Å². The lowest BCUT2D eigenvalue weighted by molar-refractivity contribution is -0.384. The van der Waals surface area contributed by atoms with Gasteiger partial charge in [-0.05, 0) is 34.9 Å². The van der Waals surface area contributed by atoms with E-state index in [1.165, 1.54) is 6.07 Å². The van der Waals surface area contributed by atoms with Crippen molar-refractivity contribution in [3.8, 4) is 0 Å². The molecule has 0 aromatic heterocycles. The van der Waals surface area contributed by atoms with Crippen LogP contribution in [0.5, 0.6) is 0 Å². The van der Waals surface area contributed by atoms with Crippen molar-refractivity contribution in [3.05, 3.63) is 81.9 Å². The average molecular weight is 346 g/mol. The van der Waals surface area contributed by atoms with E-state index in [1.807, 2.05) is 43.3 Å². The third-order valence-corrected chi connectivity index (χ3v) is 5.07. The number of carbonyl (C=O) groups excluding carboxylic acids is 1. The molecule has 5 nitrogen and oxygen atoms in total. The molecule has 1 atom stereocenters. The first-order valence-corrected chi connectivity index (χ1v) is 8.66. The molecule has 0 aliphatic carbocycles. The van der Waals surface area contributed by atoms with E-state index in [1.54, 1.807) is 17.0 Å². The fourth-order valence-corrected chi connectivity index (χ4v) is 3.89. The Morgan fingerprint density at radius 3 is 2.69 bits per heavy atom. The molecule has 0 radical (unpaired) electrons. The van der Waals surface area contributed by atoms with E-state index in [0.29, 0.717) is 13.0 Å². The van der Waals surface area contributed by atoms with Crippen molar-refractivity contribution in [3.63, 3.8) is 0 Å². The van der Waals surface area contributed by atoms with Gasteiger partial charge in [-0.25, -0.2) is 0 Å². The normalized spacial score (nSPS) is 16.6. The molecular weight excluding hydrogens is 328 g/mol. The Bertz CT molecular complexity index is 1030. The molecule has 26 heavy (non-hydrogen) atoms. The molecule has 5 heteroatoms. The molecule has 130 valence electrons. The summed E-state index contributed by atoms with van der Waals surface area (Å²) >= 11 is 0. The second-order valence-corrected chi connectivity index (χ2v) is 6.47. The number of fused-ring (bicyclic) bond motifs is 3. The number of nitro benzene ring substituents is 1. The van der Waals surface area contributed by atoms with E-state index >= 15 is 0 Å². The van der Waals surface area contributed by atoms with E-state index in [9.17, 15) is 14.9 Å². The second kappa shape index (κ2) is 6.26. The van der Waals surface area contributed by atoms with E-state index in [4.69, 9.17) is 0 Å². The van der Waals surface area contributed by atoms with Crippen LogP contribution >= 0.6 is 0 Å². The molecule has 0 saturated carbocycles. The van der Waals surface area contributed by atoms with Crippen LogP contribution in [0.2, 0.25) is 0 Å². The van der Waals surface area contributed by atoms with Crippen molar-refractivity contribution in [2.45, 2.75) is 19.3 Å². The van der Waals surface area contributed by atoms with Gasteiger partial charge in [0.25, 0.3) is 5.69 Å². The summed E-state index contributed by atoms with van der Waals surface area (Å²) in [6.07, 6.45) is 0.315. The summed E-state index contributed by atoms with van der Waals surface area (Å²) < 4.78 is 0. The van der Waals surface area contributed by atoms with Crippen molar-refractivity contribution in [2.75, 3.05) is 11.4 Å². The first-order chi connectivity index (χ1) is 12.6. The van der Waals surface area contributed by atoms with Gasteiger partial charge in [0.2, 0.25) is 5.91 Å². The smallest absolute Gasteiger partial charge is 0.269 e. The van der Waals surface area contributed by atoms with Crippen molar-refractivity contribution >= 4 is 28.1 Å². The van der Waals surface area contributed by atoms with Gasteiger partial charge in [-0.1, -0.05) is 42.5 Å². The van der Waals surface area contributed by atoms with E-state index in [-0.39, 0.29) is 17.5 Å². The van der Waals surface area contributed by atoms with Crippen LogP contribution in [-0.2, 0) is 4.79 Å². The maximum atomic E-state index is 12.7. The molecule has 0 fully saturated rings. The lowest BCUT2D eigenvalue weighted by Crippen LogP contribution is -2.36. The summed E-state index contributed by atoms with van der Waals surface area (Å²) in [7, 11) is 0. The predicted octanol–water partition coefficient (Wildman–Crippen LogP) is 4.64. The van der Waals surface area contributed by atoms with Crippen LogP contribution in [0.1, 0.15) is 30.4 Å². The van der Waals surface area contributed by atoms with Crippen LogP contribution in [0.15, 0.2) is 60.7 Å². The molecule has 0 N–H and O–H groups in total. The summed E-state index contributed by atoms with van der Waals surface area (Å²) in [5.74, 6) is -0.141. The molecule has 0 spiro atoms. The minimum absolute atomic E-state index is 0.0480. The first kappa shape index (κ1) is 16.3. The van der Waals surface area contributed by atoms with Crippen LogP contribution in [0.25, 0.3) is 10.8 Å². The number of hydrogen-bond acceptors (Lipinski definition) is 3. The highest BCUT2D eigenvalue weighted by atomic mass is 16.6. The molecule has 3 aromatic carbocycles. The lowest BCUT2D eigenvalue weighted by Gasteiger charge is -2.34. The third kappa shape index (κ3) is 2.52. The Labute approximate surface area is 151 Å². The van der Waals surface area contributed by atoms with E-state index < -0.39 is 4.92 Å². The summed E-state index contributed by atoms with van der Waals surface area (Å²) in [4.78, 5) is 25.3. The number of nitro groups is 1. The Balaban J connectivity index is 1.98. The maximum absolute atomic E-state index is 12.7. The molecule has 1 unspecified atom stereocenters. The Morgan fingerprint density at radius 1 is 1.12 bits per heavy atom. The fourth-order valence-electron chi connectivity index (χ4n) is 3.89. The minimum Gasteiger partial charge on any atom is -0.312 e. The predicted molar refractivity (Wildman–Crippen MR) is 102 cm³/mol. The third-order valence-electron chi connectivity index (χ3n) is 5.07. The molecule has 0 bridgehead atoms. The number of hydrogen-bond donors (Lipinski definition) is 0. The van der Waals surface area contributed by atoms with Gasteiger partial charge >= 0.3 is 0 Å². The van der Waals surface area contributed by atoms with Gasteiger partial charge in [0.1, 0.15) is 0 Å². The molecule has 1 amide bonds. The number of carbonyl (C=O) groups is 1. The molecule has 1 aliphatic rings. The van der Waals surface area contributed by atoms with Gasteiger partial charge < -0.3 is 4.90 Å². The van der Waals surface area contributed by atoms with Crippen molar-refractivity contribution in [2.24, 2.45) is 0 Å². The topological polar surface area (TPSA) is 63.5 Å². The molecular formula is C21H18N2O3. The van der Waals surface area contributed by atoms with Crippen molar-refractivity contribution in [1.29, 1.82) is 0 Å². The van der Waals surface area contributed by atoms with Gasteiger partial charge in [-0.3, -0.25) is 14.9 Å². The van der Waals surface area contributed by atoms with Crippen LogP contribution in [0, 0.1) is 10.1 Å². The largest absolute Gasteiger partial charge is 0.312 e. The number of nitrogens with zero attached hydrogens (tertiary/aromatic N) is 2. The van der Waals surface area contributed by atoms with Crippen molar-refractivity contribution in [1.82, 2.24) is 0 Å². The van der Waals surface area contributed by atoms with Gasteiger partial charge in [-0.15, -0.1) is 0 Å². The number of anilines is 1. The van der Waals surface area contributed by atoms with Crippen LogP contribution < -0.4 is 4.90 Å². The van der Waals surface area contributed by atoms with Gasteiger partial charge in [0.15, 0.2) is 0 Å². The molecule has 3 aromatic rings. The highest BCUT2D eigenvalue weighted by Crippen LogP contribution is 2.44. The monoisotopic (exact) mass is 346 g/mol. The molecule has 0 saturated heterocycles. The Hall–Kier alpha value is -3.21. The van der Waals surface area contributed by atoms with Crippen LogP contribution in [0.4, 0.5) is 11.4 Å². The number of rotatable bonds is 3. The SMILES string of the molecule is CCN1C(=O)CC(c2cccc([N+](=O)[O-])c2)c2c1ccc1ccccc21. The highest BCUT2D eigenvalue weighted by Gasteiger charge is 2.33. The Morgan fingerprint density at radius 2 is 1.92 bits per heavy atom. The van der Waals surface area contributed by atoms with Gasteiger partial charge in [0.05, 0.1) is 4.92 Å². The van der Waals surface area contributed by atoms with Crippen LogP contribution in [0.3, 0.4) is 0 Å². The van der Waals surface area contributed by atoms with Crippen molar-refractivity contribution < 1.29 is 9.72 Å². The fraction of sp³-hybridized carbons (Fsp3) is 0.190. The summed E-state index contributed by atoms with van der Waals surface area (Å²) in [5, 5.41) is 13.4. The zero-order valence-corrected chi connectivity index (χ0v) is 14.4. The van der Waals surface area contributed by atoms with E-state index in [0.717, 1.165) is 27.6 Å². The van der Waals surface area contributed by atoms with Crippen LogP contribution in [-0.4, -0.2) is 17.4 Å². The minimum atomic E-state index is -0.392. The second-order valence-electron chi connectivity index (χ2n) is 6.47. The Kier molecular flexibility index (Phi) is 3.92. The number of benzene rings is 3. The average Bonchev–Trinajstić information content (AvgIpc) is 2.67. The number of amides is 1. The maximum Gasteiger partial charge on any atom is 0.269 e. The molecule has 4 rings (SSSR count). The first-order valence-electron chi connectivity index (χ1n) is 8.66. The number of non-ortho nitro benzene ring substituents is 1. The zero-order chi connectivity index (χ0) is 18.3. The molecule has 1 aliphatic heterocycles. The summed E-state index contributed by atoms with van der Waals surface area (Å²) in [5.41, 5.74) is 2.83. The lowest BCUT2D eigenvalue weighted by atomic mass is 9.81. The van der Waals surface area contributed by atoms with Gasteiger partial charge in [0, 0.05) is 36.7 Å².